The fraction of sp³-hybridized carbons (Fsp3) is 0. The minimum absolute atomic E-state index is 0.391. The SMILES string of the molecule is c1ccc(-c2coc(-c3ncco3)n2)cc1. The molecule has 0 unspecified atom stereocenters. The Balaban J connectivity index is 2.00. The molecule has 0 amide bonds. The van der Waals surface area contributed by atoms with E-state index >= 15 is 0 Å². The molecular weight excluding hydrogens is 204 g/mol. The van der Waals surface area contributed by atoms with Gasteiger partial charge >= 0.3 is 0 Å². The summed E-state index contributed by atoms with van der Waals surface area (Å²) in [6, 6.07) is 9.80. The van der Waals surface area contributed by atoms with Crippen LogP contribution in [0.1, 0.15) is 0 Å². The van der Waals surface area contributed by atoms with Crippen molar-refractivity contribution in [3.05, 3.63) is 49.1 Å². The molecule has 0 aliphatic heterocycles. The molecule has 0 radical (unpaired) electrons. The number of hydrogen-bond donors (Lipinski definition) is 0. The minimum Gasteiger partial charge on any atom is -0.441 e. The van der Waals surface area contributed by atoms with Crippen molar-refractivity contribution in [1.29, 1.82) is 0 Å². The summed E-state index contributed by atoms with van der Waals surface area (Å²) in [7, 11) is 0. The molecule has 0 fully saturated rings. The van der Waals surface area contributed by atoms with Gasteiger partial charge in [-0.05, 0) is 0 Å². The van der Waals surface area contributed by atoms with Gasteiger partial charge in [-0.1, -0.05) is 30.3 Å². The van der Waals surface area contributed by atoms with Crippen molar-refractivity contribution < 1.29 is 8.83 Å². The van der Waals surface area contributed by atoms with E-state index in [-0.39, 0.29) is 0 Å². The van der Waals surface area contributed by atoms with Crippen LogP contribution in [0.2, 0.25) is 0 Å². The summed E-state index contributed by atoms with van der Waals surface area (Å²) in [5.41, 5.74) is 1.78. The van der Waals surface area contributed by atoms with E-state index in [1.165, 1.54) is 6.26 Å². The third kappa shape index (κ3) is 1.50. The first-order valence-corrected chi connectivity index (χ1v) is 4.84. The molecule has 0 N–H and O–H groups in total. The van der Waals surface area contributed by atoms with Crippen LogP contribution in [0, 0.1) is 0 Å². The summed E-state index contributed by atoms with van der Waals surface area (Å²) in [5.74, 6) is 0.783. The second-order valence-corrected chi connectivity index (χ2v) is 3.24. The van der Waals surface area contributed by atoms with Crippen molar-refractivity contribution >= 4 is 0 Å². The number of oxazole rings is 2. The summed E-state index contributed by atoms with van der Waals surface area (Å²) in [6.45, 7) is 0. The van der Waals surface area contributed by atoms with Crippen LogP contribution in [0.25, 0.3) is 23.0 Å². The van der Waals surface area contributed by atoms with Crippen LogP contribution < -0.4 is 0 Å². The third-order valence-corrected chi connectivity index (χ3v) is 2.19. The van der Waals surface area contributed by atoms with Crippen molar-refractivity contribution in [2.45, 2.75) is 0 Å². The summed E-state index contributed by atoms with van der Waals surface area (Å²) < 4.78 is 10.4. The van der Waals surface area contributed by atoms with E-state index in [4.69, 9.17) is 8.83 Å². The summed E-state index contributed by atoms with van der Waals surface area (Å²) in [5, 5.41) is 0. The fourth-order valence-electron chi connectivity index (χ4n) is 1.44. The molecule has 3 aromatic rings. The van der Waals surface area contributed by atoms with Gasteiger partial charge in [0.1, 0.15) is 18.2 Å². The van der Waals surface area contributed by atoms with Gasteiger partial charge < -0.3 is 8.83 Å². The maximum absolute atomic E-state index is 5.30. The van der Waals surface area contributed by atoms with Crippen molar-refractivity contribution in [2.75, 3.05) is 0 Å². The van der Waals surface area contributed by atoms with Crippen molar-refractivity contribution in [3.63, 3.8) is 0 Å². The molecule has 16 heavy (non-hydrogen) atoms. The molecular formula is C12H8N2O2. The first-order chi connectivity index (χ1) is 7.93. The van der Waals surface area contributed by atoms with E-state index in [0.29, 0.717) is 11.8 Å². The van der Waals surface area contributed by atoms with E-state index in [9.17, 15) is 0 Å². The van der Waals surface area contributed by atoms with Gasteiger partial charge in [0.15, 0.2) is 0 Å². The Morgan fingerprint density at radius 2 is 1.81 bits per heavy atom. The van der Waals surface area contributed by atoms with Gasteiger partial charge in [0.25, 0.3) is 11.8 Å². The first kappa shape index (κ1) is 8.91. The number of benzene rings is 1. The Labute approximate surface area is 91.6 Å². The summed E-state index contributed by atoms with van der Waals surface area (Å²) in [6.07, 6.45) is 4.64. The molecule has 78 valence electrons. The smallest absolute Gasteiger partial charge is 0.284 e. The van der Waals surface area contributed by atoms with Gasteiger partial charge in [0.05, 0.1) is 6.20 Å². The molecule has 2 aromatic heterocycles. The van der Waals surface area contributed by atoms with Gasteiger partial charge in [0, 0.05) is 5.56 Å². The Morgan fingerprint density at radius 3 is 2.56 bits per heavy atom. The Bertz CT molecular complexity index is 570. The van der Waals surface area contributed by atoms with E-state index in [2.05, 4.69) is 9.97 Å². The Kier molecular flexibility index (Phi) is 2.04. The second-order valence-electron chi connectivity index (χ2n) is 3.24. The van der Waals surface area contributed by atoms with Crippen molar-refractivity contribution in [3.8, 4) is 23.0 Å². The molecule has 3 rings (SSSR count). The van der Waals surface area contributed by atoms with Crippen LogP contribution in [-0.2, 0) is 0 Å². The van der Waals surface area contributed by atoms with Crippen molar-refractivity contribution in [2.24, 2.45) is 0 Å². The first-order valence-electron chi connectivity index (χ1n) is 4.84. The highest BCUT2D eigenvalue weighted by Crippen LogP contribution is 2.22. The average molecular weight is 212 g/mol. The van der Waals surface area contributed by atoms with Crippen molar-refractivity contribution in [1.82, 2.24) is 9.97 Å². The number of nitrogens with zero attached hydrogens (tertiary/aromatic N) is 2. The highest BCUT2D eigenvalue weighted by molar-refractivity contribution is 5.59. The normalized spacial score (nSPS) is 10.5. The molecule has 0 atom stereocenters. The summed E-state index contributed by atoms with van der Waals surface area (Å²) >= 11 is 0. The maximum atomic E-state index is 5.30. The maximum Gasteiger partial charge on any atom is 0.284 e. The molecule has 1 aromatic carbocycles. The molecule has 0 saturated heterocycles. The van der Waals surface area contributed by atoms with Gasteiger partial charge in [-0.3, -0.25) is 0 Å². The fourth-order valence-corrected chi connectivity index (χ4v) is 1.44. The van der Waals surface area contributed by atoms with Crippen LogP contribution in [0.5, 0.6) is 0 Å². The lowest BCUT2D eigenvalue weighted by Gasteiger charge is -1.91. The largest absolute Gasteiger partial charge is 0.441 e. The zero-order chi connectivity index (χ0) is 10.8. The lowest BCUT2D eigenvalue weighted by atomic mass is 10.2. The third-order valence-electron chi connectivity index (χ3n) is 2.19. The molecule has 0 bridgehead atoms. The van der Waals surface area contributed by atoms with E-state index in [1.807, 2.05) is 30.3 Å². The molecule has 0 spiro atoms. The molecule has 0 aliphatic rings. The van der Waals surface area contributed by atoms with Gasteiger partial charge in [-0.2, -0.15) is 0 Å². The predicted octanol–water partition coefficient (Wildman–Crippen LogP) is 3.00. The zero-order valence-electron chi connectivity index (χ0n) is 8.33. The quantitative estimate of drug-likeness (QED) is 0.655. The lowest BCUT2D eigenvalue weighted by Crippen LogP contribution is -1.78. The number of aromatic nitrogens is 2. The predicted molar refractivity (Wildman–Crippen MR) is 57.4 cm³/mol. The van der Waals surface area contributed by atoms with E-state index in [1.54, 1.807) is 12.5 Å². The van der Waals surface area contributed by atoms with E-state index < -0.39 is 0 Å². The van der Waals surface area contributed by atoms with Crippen LogP contribution >= 0.6 is 0 Å². The monoisotopic (exact) mass is 212 g/mol. The summed E-state index contributed by atoms with van der Waals surface area (Å²) in [4.78, 5) is 8.27. The number of rotatable bonds is 2. The van der Waals surface area contributed by atoms with Gasteiger partial charge in [0.2, 0.25) is 0 Å². The molecule has 2 heterocycles. The standard InChI is InChI=1S/C12H8N2O2/c1-2-4-9(5-3-1)10-8-16-12(14-10)11-13-6-7-15-11/h1-8H. The van der Waals surface area contributed by atoms with Gasteiger partial charge in [-0.25, -0.2) is 9.97 Å². The molecule has 0 saturated carbocycles. The van der Waals surface area contributed by atoms with Crippen LogP contribution in [0.3, 0.4) is 0 Å². The Hall–Kier alpha value is -2.36. The zero-order valence-corrected chi connectivity index (χ0v) is 8.33. The average Bonchev–Trinajstić information content (AvgIpc) is 3.01. The highest BCUT2D eigenvalue weighted by atomic mass is 16.4. The van der Waals surface area contributed by atoms with Crippen LogP contribution in [-0.4, -0.2) is 9.97 Å². The molecule has 4 nitrogen and oxygen atoms in total. The highest BCUT2D eigenvalue weighted by Gasteiger charge is 2.11. The lowest BCUT2D eigenvalue weighted by molar-refractivity contribution is 0.510. The second kappa shape index (κ2) is 3.66. The molecule has 4 heteroatoms. The van der Waals surface area contributed by atoms with Crippen LogP contribution in [0.4, 0.5) is 0 Å². The van der Waals surface area contributed by atoms with Crippen LogP contribution in [0.15, 0.2) is 57.9 Å². The van der Waals surface area contributed by atoms with Gasteiger partial charge in [-0.15, -0.1) is 0 Å². The molecule has 0 aliphatic carbocycles. The Morgan fingerprint density at radius 1 is 0.938 bits per heavy atom. The van der Waals surface area contributed by atoms with E-state index in [0.717, 1.165) is 11.3 Å². The topological polar surface area (TPSA) is 52.1 Å². The number of hydrogen-bond acceptors (Lipinski definition) is 4. The minimum atomic E-state index is 0.391.